The van der Waals surface area contributed by atoms with Gasteiger partial charge in [0.1, 0.15) is 5.84 Å². The van der Waals surface area contributed by atoms with E-state index in [0.717, 1.165) is 5.56 Å². The fraction of sp³-hybridized carbons (Fsp3) is 0.400. The van der Waals surface area contributed by atoms with Crippen LogP contribution in [0, 0.1) is 12.8 Å². The number of aryl methyl sites for hydroxylation is 1. The van der Waals surface area contributed by atoms with Crippen LogP contribution in [0.3, 0.4) is 0 Å². The highest BCUT2D eigenvalue weighted by molar-refractivity contribution is 7.12. The quantitative estimate of drug-likeness (QED) is 0.320. The standard InChI is InChI=1S/C10H15N3O2S/c1-6-3-4-16-8(6)10(14)12-5-7(2)9(11)13-15/h3-4,7,15H,5H2,1-2H3,(H2,11,13)(H,12,14). The summed E-state index contributed by atoms with van der Waals surface area (Å²) in [6, 6.07) is 1.90. The molecule has 0 bridgehead atoms. The molecule has 0 aliphatic heterocycles. The van der Waals surface area contributed by atoms with Crippen molar-refractivity contribution in [3.8, 4) is 0 Å². The van der Waals surface area contributed by atoms with Crippen LogP contribution >= 0.6 is 11.3 Å². The molecule has 0 aliphatic carbocycles. The van der Waals surface area contributed by atoms with Crippen LogP contribution < -0.4 is 11.1 Å². The average molecular weight is 241 g/mol. The Morgan fingerprint density at radius 2 is 2.44 bits per heavy atom. The van der Waals surface area contributed by atoms with Crippen LogP contribution in [0.4, 0.5) is 0 Å². The fourth-order valence-electron chi connectivity index (χ4n) is 1.13. The second kappa shape index (κ2) is 5.50. The van der Waals surface area contributed by atoms with Crippen molar-refractivity contribution in [3.05, 3.63) is 21.9 Å². The zero-order chi connectivity index (χ0) is 12.1. The predicted octanol–water partition coefficient (Wildman–Crippen LogP) is 1.17. The maximum atomic E-state index is 11.7. The summed E-state index contributed by atoms with van der Waals surface area (Å²) in [7, 11) is 0. The molecule has 0 radical (unpaired) electrons. The van der Waals surface area contributed by atoms with E-state index in [4.69, 9.17) is 10.9 Å². The Morgan fingerprint density at radius 1 is 1.75 bits per heavy atom. The molecule has 16 heavy (non-hydrogen) atoms. The molecule has 88 valence electrons. The highest BCUT2D eigenvalue weighted by Gasteiger charge is 2.13. The number of hydrogen-bond acceptors (Lipinski definition) is 4. The van der Waals surface area contributed by atoms with E-state index in [1.54, 1.807) is 6.92 Å². The second-order valence-electron chi connectivity index (χ2n) is 3.57. The minimum Gasteiger partial charge on any atom is -0.409 e. The van der Waals surface area contributed by atoms with E-state index in [1.807, 2.05) is 18.4 Å². The van der Waals surface area contributed by atoms with Crippen molar-refractivity contribution in [3.63, 3.8) is 0 Å². The van der Waals surface area contributed by atoms with Crippen LogP contribution in [0.5, 0.6) is 0 Å². The Morgan fingerprint density at radius 3 is 2.94 bits per heavy atom. The first-order valence-corrected chi connectivity index (χ1v) is 5.74. The molecule has 1 aromatic heterocycles. The van der Waals surface area contributed by atoms with Gasteiger partial charge in [-0.3, -0.25) is 4.79 Å². The van der Waals surface area contributed by atoms with Crippen LogP contribution in [0.1, 0.15) is 22.2 Å². The average Bonchev–Trinajstić information content (AvgIpc) is 2.70. The lowest BCUT2D eigenvalue weighted by Crippen LogP contribution is -2.34. The summed E-state index contributed by atoms with van der Waals surface area (Å²) in [6.07, 6.45) is 0. The van der Waals surface area contributed by atoms with Crippen molar-refractivity contribution in [2.24, 2.45) is 16.8 Å². The topological polar surface area (TPSA) is 87.7 Å². The van der Waals surface area contributed by atoms with E-state index in [0.29, 0.717) is 11.4 Å². The number of amides is 1. The van der Waals surface area contributed by atoms with Crippen molar-refractivity contribution in [2.75, 3.05) is 6.54 Å². The maximum absolute atomic E-state index is 11.7. The van der Waals surface area contributed by atoms with Gasteiger partial charge < -0.3 is 16.3 Å². The van der Waals surface area contributed by atoms with Crippen LogP contribution in [0.15, 0.2) is 16.6 Å². The Labute approximate surface area is 98.0 Å². The lowest BCUT2D eigenvalue weighted by Gasteiger charge is -2.10. The van der Waals surface area contributed by atoms with Gasteiger partial charge in [0, 0.05) is 12.5 Å². The Bertz CT molecular complexity index is 401. The van der Waals surface area contributed by atoms with Crippen LogP contribution in [-0.2, 0) is 0 Å². The molecule has 0 aliphatic rings. The second-order valence-corrected chi connectivity index (χ2v) is 4.48. The van der Waals surface area contributed by atoms with Gasteiger partial charge in [0.05, 0.1) is 4.88 Å². The Balaban J connectivity index is 2.51. The molecule has 6 heteroatoms. The first-order valence-electron chi connectivity index (χ1n) is 4.86. The van der Waals surface area contributed by atoms with Crippen LogP contribution in [0.2, 0.25) is 0 Å². The van der Waals surface area contributed by atoms with Crippen molar-refractivity contribution >= 4 is 23.1 Å². The van der Waals surface area contributed by atoms with Gasteiger partial charge in [-0.1, -0.05) is 12.1 Å². The normalized spacial score (nSPS) is 13.5. The van der Waals surface area contributed by atoms with Gasteiger partial charge >= 0.3 is 0 Å². The number of amidine groups is 1. The van der Waals surface area contributed by atoms with Crippen LogP contribution in [0.25, 0.3) is 0 Å². The molecule has 0 saturated heterocycles. The molecule has 1 unspecified atom stereocenters. The van der Waals surface area contributed by atoms with Crippen molar-refractivity contribution in [1.82, 2.24) is 5.32 Å². The maximum Gasteiger partial charge on any atom is 0.261 e. The molecular formula is C10H15N3O2S. The van der Waals surface area contributed by atoms with Gasteiger partial charge in [-0.25, -0.2) is 0 Å². The molecule has 0 aromatic carbocycles. The van der Waals surface area contributed by atoms with Gasteiger partial charge in [-0.05, 0) is 23.9 Å². The lowest BCUT2D eigenvalue weighted by molar-refractivity contribution is 0.0954. The number of hydrogen-bond donors (Lipinski definition) is 3. The number of thiophene rings is 1. The van der Waals surface area contributed by atoms with E-state index < -0.39 is 0 Å². The molecular weight excluding hydrogens is 226 g/mol. The summed E-state index contributed by atoms with van der Waals surface area (Å²) in [5, 5.41) is 16.0. The molecule has 1 aromatic rings. The summed E-state index contributed by atoms with van der Waals surface area (Å²) in [5.41, 5.74) is 6.36. The molecule has 1 heterocycles. The number of rotatable bonds is 4. The van der Waals surface area contributed by atoms with E-state index >= 15 is 0 Å². The minimum absolute atomic E-state index is 0.114. The molecule has 1 atom stereocenters. The van der Waals surface area contributed by atoms with Gasteiger partial charge in [-0.15, -0.1) is 11.3 Å². The van der Waals surface area contributed by atoms with E-state index in [-0.39, 0.29) is 17.7 Å². The zero-order valence-corrected chi connectivity index (χ0v) is 10.0. The highest BCUT2D eigenvalue weighted by Crippen LogP contribution is 2.14. The summed E-state index contributed by atoms with van der Waals surface area (Å²) < 4.78 is 0. The third-order valence-corrected chi connectivity index (χ3v) is 3.27. The van der Waals surface area contributed by atoms with Gasteiger partial charge in [-0.2, -0.15) is 0 Å². The predicted molar refractivity (Wildman–Crippen MR) is 64.0 cm³/mol. The van der Waals surface area contributed by atoms with E-state index in [9.17, 15) is 4.79 Å². The van der Waals surface area contributed by atoms with Gasteiger partial charge in [0.25, 0.3) is 5.91 Å². The number of carbonyl (C=O) groups is 1. The Kier molecular flexibility index (Phi) is 4.30. The monoisotopic (exact) mass is 241 g/mol. The SMILES string of the molecule is Cc1ccsc1C(=O)NCC(C)C(N)=NO. The minimum atomic E-state index is -0.186. The van der Waals surface area contributed by atoms with Crippen molar-refractivity contribution < 1.29 is 10.0 Å². The summed E-state index contributed by atoms with van der Waals surface area (Å²) in [4.78, 5) is 12.4. The number of nitrogens with one attached hydrogen (secondary N) is 1. The van der Waals surface area contributed by atoms with Gasteiger partial charge in [0.15, 0.2) is 0 Å². The number of nitrogens with zero attached hydrogens (tertiary/aromatic N) is 1. The molecule has 1 rings (SSSR count). The largest absolute Gasteiger partial charge is 0.409 e. The smallest absolute Gasteiger partial charge is 0.261 e. The van der Waals surface area contributed by atoms with Crippen LogP contribution in [-0.4, -0.2) is 23.5 Å². The van der Waals surface area contributed by atoms with Crippen molar-refractivity contribution in [2.45, 2.75) is 13.8 Å². The first-order chi connectivity index (χ1) is 7.56. The molecule has 4 N–H and O–H groups in total. The summed E-state index contributed by atoms with van der Waals surface area (Å²) >= 11 is 1.40. The number of nitrogens with two attached hydrogens (primary N) is 1. The molecule has 0 fully saturated rings. The zero-order valence-electron chi connectivity index (χ0n) is 9.23. The van der Waals surface area contributed by atoms with E-state index in [2.05, 4.69) is 10.5 Å². The Hall–Kier alpha value is -1.56. The lowest BCUT2D eigenvalue weighted by atomic mass is 10.1. The third kappa shape index (κ3) is 2.96. The summed E-state index contributed by atoms with van der Waals surface area (Å²) in [5.74, 6) is -0.192. The van der Waals surface area contributed by atoms with E-state index in [1.165, 1.54) is 11.3 Å². The molecule has 0 spiro atoms. The highest BCUT2D eigenvalue weighted by atomic mass is 32.1. The van der Waals surface area contributed by atoms with Gasteiger partial charge in [0.2, 0.25) is 0 Å². The third-order valence-electron chi connectivity index (χ3n) is 2.26. The molecule has 0 saturated carbocycles. The molecule has 1 amide bonds. The summed E-state index contributed by atoms with van der Waals surface area (Å²) in [6.45, 7) is 4.01. The first kappa shape index (κ1) is 12.5. The van der Waals surface area contributed by atoms with Crippen molar-refractivity contribution in [1.29, 1.82) is 0 Å². The molecule has 5 nitrogen and oxygen atoms in total. The number of carbonyl (C=O) groups excluding carboxylic acids is 1. The number of oxime groups is 1. The fourth-order valence-corrected chi connectivity index (χ4v) is 1.98.